The van der Waals surface area contributed by atoms with Gasteiger partial charge in [-0.2, -0.15) is 0 Å². The molecule has 0 saturated carbocycles. The van der Waals surface area contributed by atoms with Gasteiger partial charge in [0, 0.05) is 30.1 Å². The second-order valence-electron chi connectivity index (χ2n) is 4.50. The van der Waals surface area contributed by atoms with E-state index in [1.54, 1.807) is 0 Å². The summed E-state index contributed by atoms with van der Waals surface area (Å²) >= 11 is 0. The molecule has 18 heavy (non-hydrogen) atoms. The molecule has 1 aliphatic heterocycles. The van der Waals surface area contributed by atoms with Gasteiger partial charge in [0.05, 0.1) is 6.04 Å². The van der Waals surface area contributed by atoms with Gasteiger partial charge in [0.15, 0.2) is 0 Å². The van der Waals surface area contributed by atoms with E-state index in [4.69, 9.17) is 0 Å². The summed E-state index contributed by atoms with van der Waals surface area (Å²) in [6, 6.07) is 12.6. The highest BCUT2D eigenvalue weighted by molar-refractivity contribution is 5.99. The molecule has 90 valence electrons. The Morgan fingerprint density at radius 2 is 2.00 bits per heavy atom. The van der Waals surface area contributed by atoms with E-state index in [1.165, 1.54) is 5.56 Å². The van der Waals surface area contributed by atoms with Crippen molar-refractivity contribution in [1.82, 2.24) is 4.98 Å². The van der Waals surface area contributed by atoms with Crippen LogP contribution < -0.4 is 5.32 Å². The lowest BCUT2D eigenvalue weighted by Crippen LogP contribution is -2.21. The van der Waals surface area contributed by atoms with Crippen LogP contribution in [0.5, 0.6) is 0 Å². The number of fused-ring (bicyclic) bond motifs is 1. The van der Waals surface area contributed by atoms with Crippen LogP contribution in [0.3, 0.4) is 0 Å². The fraction of sp³-hybridized carbons (Fsp3) is 0.200. The highest BCUT2D eigenvalue weighted by Gasteiger charge is 2.17. The molecule has 0 spiro atoms. The van der Waals surface area contributed by atoms with Crippen LogP contribution >= 0.6 is 0 Å². The first-order valence-corrected chi connectivity index (χ1v) is 6.14. The zero-order valence-electron chi connectivity index (χ0n) is 10.3. The van der Waals surface area contributed by atoms with Crippen molar-refractivity contribution in [3.63, 3.8) is 0 Å². The Kier molecular flexibility index (Phi) is 2.81. The summed E-state index contributed by atoms with van der Waals surface area (Å²) in [5, 5.41) is 3.39. The van der Waals surface area contributed by atoms with E-state index in [2.05, 4.69) is 46.5 Å². The molecule has 3 nitrogen and oxygen atoms in total. The van der Waals surface area contributed by atoms with Gasteiger partial charge in [0.2, 0.25) is 0 Å². The number of hydrogen-bond acceptors (Lipinski definition) is 3. The van der Waals surface area contributed by atoms with Crippen LogP contribution in [-0.4, -0.2) is 10.8 Å². The summed E-state index contributed by atoms with van der Waals surface area (Å²) in [6.07, 6.45) is 4.53. The van der Waals surface area contributed by atoms with Gasteiger partial charge in [-0.25, -0.2) is 0 Å². The molecule has 1 atom stereocenters. The summed E-state index contributed by atoms with van der Waals surface area (Å²) < 4.78 is 0. The summed E-state index contributed by atoms with van der Waals surface area (Å²) in [5.41, 5.74) is 3.56. The van der Waals surface area contributed by atoms with Crippen LogP contribution in [0.1, 0.15) is 24.1 Å². The zero-order valence-corrected chi connectivity index (χ0v) is 10.3. The minimum atomic E-state index is 0.175. The zero-order chi connectivity index (χ0) is 12.4. The molecule has 1 aliphatic rings. The minimum Gasteiger partial charge on any atom is -0.343 e. The Bertz CT molecular complexity index is 575. The molecular formula is C15H15N3. The normalized spacial score (nSPS) is 17.6. The first-order chi connectivity index (χ1) is 8.83. The van der Waals surface area contributed by atoms with Gasteiger partial charge in [-0.05, 0) is 18.6 Å². The molecule has 0 fully saturated rings. The molecule has 3 rings (SSSR count). The van der Waals surface area contributed by atoms with Crippen LogP contribution in [0, 0.1) is 0 Å². The third kappa shape index (κ3) is 2.12. The Morgan fingerprint density at radius 1 is 1.17 bits per heavy atom. The second-order valence-corrected chi connectivity index (χ2v) is 4.50. The first-order valence-electron chi connectivity index (χ1n) is 6.14. The number of hydrogen-bond donors (Lipinski definition) is 1. The predicted molar refractivity (Wildman–Crippen MR) is 73.9 cm³/mol. The second kappa shape index (κ2) is 4.61. The van der Waals surface area contributed by atoms with Gasteiger partial charge in [-0.1, -0.05) is 30.3 Å². The lowest BCUT2D eigenvalue weighted by atomic mass is 10.1. The van der Waals surface area contributed by atoms with Gasteiger partial charge < -0.3 is 5.32 Å². The van der Waals surface area contributed by atoms with Gasteiger partial charge in [0.1, 0.15) is 5.84 Å². The summed E-state index contributed by atoms with van der Waals surface area (Å²) in [5.74, 6) is 1.02. The van der Waals surface area contributed by atoms with Crippen molar-refractivity contribution in [3.05, 3.63) is 59.9 Å². The minimum absolute atomic E-state index is 0.175. The van der Waals surface area contributed by atoms with Crippen molar-refractivity contribution < 1.29 is 0 Å². The van der Waals surface area contributed by atoms with Crippen molar-refractivity contribution in [2.45, 2.75) is 19.4 Å². The number of rotatable bonds is 2. The predicted octanol–water partition coefficient (Wildman–Crippen LogP) is 3.21. The standard InChI is InChI=1S/C15H15N3/c1-11-13-10-16-8-7-14(13)18-15(17-11)9-12-5-3-2-4-6-12/h2-8,10-11H,9H2,1H3,(H,17,18). The van der Waals surface area contributed by atoms with Crippen LogP contribution in [0.2, 0.25) is 0 Å². The van der Waals surface area contributed by atoms with Crippen molar-refractivity contribution in [2.75, 3.05) is 5.32 Å². The van der Waals surface area contributed by atoms with E-state index < -0.39 is 0 Å². The average Bonchev–Trinajstić information content (AvgIpc) is 2.40. The molecule has 1 N–H and O–H groups in total. The lowest BCUT2D eigenvalue weighted by Gasteiger charge is -2.22. The molecule has 1 aromatic heterocycles. The van der Waals surface area contributed by atoms with Crippen LogP contribution in [-0.2, 0) is 6.42 Å². The van der Waals surface area contributed by atoms with Gasteiger partial charge in [0.25, 0.3) is 0 Å². The van der Waals surface area contributed by atoms with Crippen molar-refractivity contribution >= 4 is 11.5 Å². The molecule has 0 amide bonds. The topological polar surface area (TPSA) is 37.3 Å². The molecule has 3 heteroatoms. The van der Waals surface area contributed by atoms with Crippen molar-refractivity contribution in [3.8, 4) is 0 Å². The summed E-state index contributed by atoms with van der Waals surface area (Å²) in [6.45, 7) is 2.10. The Balaban J connectivity index is 1.84. The fourth-order valence-electron chi connectivity index (χ4n) is 2.22. The maximum atomic E-state index is 4.68. The van der Waals surface area contributed by atoms with Crippen LogP contribution in [0.25, 0.3) is 0 Å². The number of pyridine rings is 1. The molecular weight excluding hydrogens is 222 g/mol. The molecule has 0 aliphatic carbocycles. The Hall–Kier alpha value is -2.16. The number of nitrogens with zero attached hydrogens (tertiary/aromatic N) is 2. The molecule has 2 heterocycles. The van der Waals surface area contributed by atoms with E-state index in [9.17, 15) is 0 Å². The molecule has 2 aromatic rings. The smallest absolute Gasteiger partial charge is 0.106 e. The monoisotopic (exact) mass is 237 g/mol. The van der Waals surface area contributed by atoms with E-state index in [1.807, 2.05) is 24.5 Å². The highest BCUT2D eigenvalue weighted by Crippen LogP contribution is 2.28. The number of aliphatic imine (C=N–C) groups is 1. The van der Waals surface area contributed by atoms with E-state index in [-0.39, 0.29) is 6.04 Å². The number of amidine groups is 1. The number of nitrogens with one attached hydrogen (secondary N) is 1. The fourth-order valence-corrected chi connectivity index (χ4v) is 2.22. The van der Waals surface area contributed by atoms with Crippen molar-refractivity contribution in [2.24, 2.45) is 4.99 Å². The van der Waals surface area contributed by atoms with E-state index in [0.29, 0.717) is 0 Å². The third-order valence-electron chi connectivity index (χ3n) is 3.14. The molecule has 1 aromatic carbocycles. The lowest BCUT2D eigenvalue weighted by molar-refractivity contribution is 0.800. The molecule has 0 radical (unpaired) electrons. The number of anilines is 1. The Labute approximate surface area is 107 Å². The van der Waals surface area contributed by atoms with E-state index >= 15 is 0 Å². The van der Waals surface area contributed by atoms with Crippen molar-refractivity contribution in [1.29, 1.82) is 0 Å². The largest absolute Gasteiger partial charge is 0.343 e. The van der Waals surface area contributed by atoms with Gasteiger partial charge in [-0.3, -0.25) is 9.98 Å². The van der Waals surface area contributed by atoms with Gasteiger partial charge >= 0.3 is 0 Å². The Morgan fingerprint density at radius 3 is 2.83 bits per heavy atom. The summed E-state index contributed by atoms with van der Waals surface area (Å²) in [7, 11) is 0. The molecule has 0 saturated heterocycles. The quantitative estimate of drug-likeness (QED) is 0.870. The maximum Gasteiger partial charge on any atom is 0.106 e. The molecule has 1 unspecified atom stereocenters. The SMILES string of the molecule is CC1N=C(Cc2ccccc2)Nc2ccncc21. The number of benzene rings is 1. The maximum absolute atomic E-state index is 4.68. The van der Waals surface area contributed by atoms with Crippen LogP contribution in [0.15, 0.2) is 53.8 Å². The van der Waals surface area contributed by atoms with Gasteiger partial charge in [-0.15, -0.1) is 0 Å². The average molecular weight is 237 g/mol. The first kappa shape index (κ1) is 11.0. The van der Waals surface area contributed by atoms with Crippen LogP contribution in [0.4, 0.5) is 5.69 Å². The molecule has 0 bridgehead atoms. The number of aromatic nitrogens is 1. The summed E-state index contributed by atoms with van der Waals surface area (Å²) in [4.78, 5) is 8.83. The third-order valence-corrected chi connectivity index (χ3v) is 3.14. The van der Waals surface area contributed by atoms with E-state index in [0.717, 1.165) is 23.5 Å². The highest BCUT2D eigenvalue weighted by atomic mass is 15.0.